The molecule has 0 fully saturated rings. The number of rotatable bonds is 8. The zero-order valence-corrected chi connectivity index (χ0v) is 28.3. The van der Waals surface area contributed by atoms with Crippen LogP contribution < -0.4 is 41.4 Å². The van der Waals surface area contributed by atoms with E-state index in [-0.39, 0.29) is 29.6 Å². The van der Waals surface area contributed by atoms with Crippen LogP contribution in [-0.2, 0) is 0 Å². The SMILES string of the molecule is Cc1c[c-]c([O][Ga][O]c2c(C)cc(C)cc2C)c(C)c1.[CH2-]C[N+](C)(C)COc1ccc(C)cc1C.[Na+]. The second kappa shape index (κ2) is 15.2. The molecule has 0 saturated carbocycles. The van der Waals surface area contributed by atoms with Gasteiger partial charge in [0.1, 0.15) is 5.75 Å². The summed E-state index contributed by atoms with van der Waals surface area (Å²) in [6.07, 6.45) is 0. The van der Waals surface area contributed by atoms with E-state index in [1.165, 1.54) is 33.4 Å². The van der Waals surface area contributed by atoms with Gasteiger partial charge in [-0.3, -0.25) is 6.92 Å². The summed E-state index contributed by atoms with van der Waals surface area (Å²) in [5.41, 5.74) is 8.39. The quantitative estimate of drug-likeness (QED) is 0.184. The maximum atomic E-state index is 5.93. The Hall–Kier alpha value is -1.34. The molecule has 0 heterocycles. The van der Waals surface area contributed by atoms with Crippen LogP contribution in [0.25, 0.3) is 0 Å². The van der Waals surface area contributed by atoms with Crippen molar-refractivity contribution < 1.29 is 45.8 Å². The summed E-state index contributed by atoms with van der Waals surface area (Å²) in [7, 11) is 4.22. The first kappa shape index (κ1) is 32.7. The fourth-order valence-corrected chi connectivity index (χ4v) is 5.43. The molecule has 0 aliphatic rings. The summed E-state index contributed by atoms with van der Waals surface area (Å²) in [4.78, 5) is 0. The van der Waals surface area contributed by atoms with Gasteiger partial charge < -0.3 is 9.22 Å². The van der Waals surface area contributed by atoms with Crippen LogP contribution in [0.2, 0.25) is 0 Å². The molecule has 36 heavy (non-hydrogen) atoms. The predicted octanol–water partition coefficient (Wildman–Crippen LogP) is 3.58. The molecule has 3 aromatic rings. The second-order valence-electron chi connectivity index (χ2n) is 9.95. The maximum Gasteiger partial charge on any atom is 1.00 e. The number of ether oxygens (including phenoxy) is 1. The molecule has 0 aliphatic heterocycles. The summed E-state index contributed by atoms with van der Waals surface area (Å²) in [5, 5.41) is 0. The molecule has 0 amide bonds. The molecule has 4 nitrogen and oxygen atoms in total. The van der Waals surface area contributed by atoms with Crippen molar-refractivity contribution in [2.45, 2.75) is 48.5 Å². The Balaban J connectivity index is 0.000000365. The normalized spacial score (nSPS) is 10.5. The molecule has 0 aliphatic carbocycles. The van der Waals surface area contributed by atoms with Crippen LogP contribution in [-0.4, -0.2) is 50.0 Å². The molecule has 3 aromatic carbocycles. The van der Waals surface area contributed by atoms with E-state index in [0.29, 0.717) is 6.73 Å². The summed E-state index contributed by atoms with van der Waals surface area (Å²) in [6.45, 7) is 19.9. The van der Waals surface area contributed by atoms with Crippen LogP contribution in [0.15, 0.2) is 42.5 Å². The van der Waals surface area contributed by atoms with Crippen molar-refractivity contribution in [1.82, 2.24) is 0 Å². The van der Waals surface area contributed by atoms with Gasteiger partial charge >= 0.3 is 159 Å². The van der Waals surface area contributed by atoms with Crippen LogP contribution in [0.3, 0.4) is 0 Å². The fourth-order valence-electron chi connectivity index (χ4n) is 3.61. The molecule has 0 aromatic heterocycles. The van der Waals surface area contributed by atoms with Crippen molar-refractivity contribution in [2.24, 2.45) is 0 Å². The van der Waals surface area contributed by atoms with E-state index < -0.39 is 18.1 Å². The largest absolute Gasteiger partial charge is 1.00 e. The first-order valence-electron chi connectivity index (χ1n) is 11.9. The van der Waals surface area contributed by atoms with Crippen molar-refractivity contribution in [3.8, 4) is 17.2 Å². The Bertz CT molecular complexity index is 1110. The van der Waals surface area contributed by atoms with Crippen LogP contribution in [0, 0.1) is 61.5 Å². The van der Waals surface area contributed by atoms with Gasteiger partial charge in [-0.15, -0.1) is 0 Å². The molecule has 3 rings (SSSR count). The van der Waals surface area contributed by atoms with Crippen molar-refractivity contribution >= 4 is 18.1 Å². The van der Waals surface area contributed by atoms with E-state index in [2.05, 4.69) is 99.0 Å². The van der Waals surface area contributed by atoms with E-state index in [9.17, 15) is 0 Å². The van der Waals surface area contributed by atoms with Gasteiger partial charge in [-0.05, 0) is 32.0 Å². The first-order chi connectivity index (χ1) is 16.4. The number of benzene rings is 3. The van der Waals surface area contributed by atoms with E-state index in [4.69, 9.17) is 11.8 Å². The molecule has 0 N–H and O–H groups in total. The van der Waals surface area contributed by atoms with Gasteiger partial charge in [0.25, 0.3) is 0 Å². The van der Waals surface area contributed by atoms with Gasteiger partial charge in [0.05, 0.1) is 14.1 Å². The number of hydrogen-bond acceptors (Lipinski definition) is 3. The summed E-state index contributed by atoms with van der Waals surface area (Å²) in [6, 6.07) is 17.7. The zero-order chi connectivity index (χ0) is 26.2. The minimum Gasteiger partial charge on any atom is -0.445 e. The molecule has 0 unspecified atom stereocenters. The van der Waals surface area contributed by atoms with Gasteiger partial charge in [0.2, 0.25) is 6.73 Å². The minimum atomic E-state index is -1.27. The van der Waals surface area contributed by atoms with E-state index >= 15 is 0 Å². The summed E-state index contributed by atoms with van der Waals surface area (Å²) in [5.74, 6) is 2.76. The number of quaternary nitrogens is 1. The van der Waals surface area contributed by atoms with Crippen LogP contribution in [0.1, 0.15) is 38.9 Å². The van der Waals surface area contributed by atoms with Crippen LogP contribution in [0.4, 0.5) is 0 Å². The third-order valence-corrected chi connectivity index (χ3v) is 7.07. The summed E-state index contributed by atoms with van der Waals surface area (Å²) >= 11 is -1.27. The maximum absolute atomic E-state index is 5.93. The predicted molar refractivity (Wildman–Crippen MR) is 146 cm³/mol. The third-order valence-electron chi connectivity index (χ3n) is 5.68. The zero-order valence-electron chi connectivity index (χ0n) is 23.9. The van der Waals surface area contributed by atoms with E-state index in [1.54, 1.807) is 0 Å². The standard InChI is InChI=1S/C13H21NO.C9H12O.C8H9O.Ga.Na/c1-6-14(4,5)10-15-13-8-7-11(2)9-12(13)3;1-6-4-7(2)9(10)8(3)5-6;1-6-3-4-8(9)7(2)5-6;;/h7-9H,1,6,10H2,2-5H3;4-5,10H,1-3H3;3,5,9H,1-2H3;;/q;;-1;+2;+1/p-2. The smallest absolute Gasteiger partial charge is 0.445 e. The van der Waals surface area contributed by atoms with Crippen molar-refractivity contribution in [3.05, 3.63) is 94.4 Å². The molecule has 1 radical (unpaired) electrons. The van der Waals surface area contributed by atoms with Gasteiger partial charge in [-0.2, -0.15) is 0 Å². The Labute approximate surface area is 249 Å². The second-order valence-corrected chi connectivity index (χ2v) is 11.3. The van der Waals surface area contributed by atoms with Crippen molar-refractivity contribution in [2.75, 3.05) is 27.4 Å². The molecule has 0 saturated heterocycles. The minimum absolute atomic E-state index is 0. The average Bonchev–Trinajstić information content (AvgIpc) is 2.76. The Kier molecular flexibility index (Phi) is 13.8. The van der Waals surface area contributed by atoms with E-state index in [1.807, 2.05) is 19.1 Å². The first-order valence-corrected chi connectivity index (χ1v) is 13.9. The Morgan fingerprint density at radius 1 is 0.778 bits per heavy atom. The molecular formula is C30H40GaNNaO3. The van der Waals surface area contributed by atoms with Crippen molar-refractivity contribution in [1.29, 1.82) is 0 Å². The molecule has 6 heteroatoms. The number of nitrogens with zero attached hydrogens (tertiary/aromatic N) is 1. The molecular weight excluding hydrogens is 515 g/mol. The number of hydrogen-bond donors (Lipinski definition) is 0. The molecule has 187 valence electrons. The van der Waals surface area contributed by atoms with Gasteiger partial charge in [0.15, 0.2) is 0 Å². The molecule has 0 atom stereocenters. The topological polar surface area (TPSA) is 27.7 Å². The average molecular weight is 555 g/mol. The third kappa shape index (κ3) is 10.6. The van der Waals surface area contributed by atoms with E-state index in [0.717, 1.165) is 33.8 Å². The summed E-state index contributed by atoms with van der Waals surface area (Å²) < 4.78 is 18.3. The monoisotopic (exact) mass is 554 g/mol. The van der Waals surface area contributed by atoms with Crippen molar-refractivity contribution in [3.63, 3.8) is 0 Å². The Morgan fingerprint density at radius 3 is 1.92 bits per heavy atom. The van der Waals surface area contributed by atoms with Gasteiger partial charge in [-0.25, -0.2) is 0 Å². The fraction of sp³-hybridized carbons (Fsp3) is 0.367. The number of aryl methyl sites for hydroxylation is 7. The van der Waals surface area contributed by atoms with Crippen LogP contribution >= 0.6 is 0 Å². The van der Waals surface area contributed by atoms with Gasteiger partial charge in [0, 0.05) is 0 Å². The van der Waals surface area contributed by atoms with Gasteiger partial charge in [-0.1, -0.05) is 17.7 Å². The van der Waals surface area contributed by atoms with Crippen LogP contribution in [0.5, 0.6) is 17.2 Å². The Morgan fingerprint density at radius 2 is 1.36 bits per heavy atom. The molecule has 0 bridgehead atoms. The molecule has 0 spiro atoms.